The van der Waals surface area contributed by atoms with Crippen molar-refractivity contribution >= 4 is 11.3 Å². The molecule has 13 heavy (non-hydrogen) atoms. The summed E-state index contributed by atoms with van der Waals surface area (Å²) < 4.78 is 0. The number of hydrogen-bond donors (Lipinski definition) is 0. The van der Waals surface area contributed by atoms with Crippen LogP contribution < -0.4 is 0 Å². The van der Waals surface area contributed by atoms with Gasteiger partial charge in [0.2, 0.25) is 0 Å². The highest BCUT2D eigenvalue weighted by Gasteiger charge is 2.01. The zero-order chi connectivity index (χ0) is 9.52. The second-order valence-electron chi connectivity index (χ2n) is 3.32. The van der Waals surface area contributed by atoms with Crippen molar-refractivity contribution in [3.63, 3.8) is 0 Å². The second kappa shape index (κ2) is 5.98. The number of allylic oxidation sites excluding steroid dienone is 1. The lowest BCUT2D eigenvalue weighted by Crippen LogP contribution is -1.87. The summed E-state index contributed by atoms with van der Waals surface area (Å²) in [5.74, 6) is 0. The van der Waals surface area contributed by atoms with E-state index in [0.29, 0.717) is 0 Å². The molecule has 0 bridgehead atoms. The monoisotopic (exact) mass is 194 g/mol. The Bertz CT molecular complexity index is 247. The summed E-state index contributed by atoms with van der Waals surface area (Å²) in [6, 6.07) is 2.23. The molecule has 0 aliphatic heterocycles. The lowest BCUT2D eigenvalue weighted by Gasteiger charge is -2.00. The van der Waals surface area contributed by atoms with Gasteiger partial charge in [-0.1, -0.05) is 25.8 Å². The van der Waals surface area contributed by atoms with Gasteiger partial charge >= 0.3 is 0 Å². The fraction of sp³-hybridized carbons (Fsp3) is 0.500. The van der Waals surface area contributed by atoms with Crippen molar-refractivity contribution in [3.05, 3.63) is 34.5 Å². The first-order valence-electron chi connectivity index (χ1n) is 5.04. The van der Waals surface area contributed by atoms with Crippen LogP contribution in [0.5, 0.6) is 0 Å². The van der Waals surface area contributed by atoms with Gasteiger partial charge in [0.05, 0.1) is 0 Å². The van der Waals surface area contributed by atoms with E-state index in [2.05, 4.69) is 24.9 Å². The molecule has 0 atom stereocenters. The molecule has 0 nitrogen and oxygen atoms in total. The van der Waals surface area contributed by atoms with Gasteiger partial charge in [0.1, 0.15) is 0 Å². The smallest absolute Gasteiger partial charge is 0.00803 e. The van der Waals surface area contributed by atoms with E-state index in [1.165, 1.54) is 31.2 Å². The van der Waals surface area contributed by atoms with E-state index in [9.17, 15) is 0 Å². The summed E-state index contributed by atoms with van der Waals surface area (Å²) in [6.45, 7) is 6.03. The number of unbranched alkanes of at least 4 members (excludes halogenated alkanes) is 2. The Hall–Kier alpha value is -0.560. The normalized spacial score (nSPS) is 10.2. The van der Waals surface area contributed by atoms with Crippen LogP contribution in [0.2, 0.25) is 0 Å². The summed E-state index contributed by atoms with van der Waals surface area (Å²) >= 11 is 1.89. The number of thiophene rings is 1. The van der Waals surface area contributed by atoms with Gasteiger partial charge in [0.25, 0.3) is 0 Å². The van der Waals surface area contributed by atoms with E-state index < -0.39 is 0 Å². The molecule has 0 aromatic carbocycles. The molecule has 1 heteroatoms. The zero-order valence-electron chi connectivity index (χ0n) is 8.38. The maximum absolute atomic E-state index is 3.78. The van der Waals surface area contributed by atoms with Gasteiger partial charge in [-0.05, 0) is 36.3 Å². The Morgan fingerprint density at radius 1 is 1.46 bits per heavy atom. The molecule has 0 amide bonds. The average molecular weight is 194 g/mol. The number of aryl methyl sites for hydroxylation is 1. The highest BCUT2D eigenvalue weighted by Crippen LogP contribution is 2.20. The first-order valence-corrected chi connectivity index (χ1v) is 5.92. The van der Waals surface area contributed by atoms with Crippen LogP contribution in [0.3, 0.4) is 0 Å². The molecule has 0 saturated heterocycles. The maximum atomic E-state index is 3.78. The topological polar surface area (TPSA) is 0 Å². The molecule has 1 heterocycles. The molecule has 1 aromatic heterocycles. The van der Waals surface area contributed by atoms with E-state index >= 15 is 0 Å². The summed E-state index contributed by atoms with van der Waals surface area (Å²) in [7, 11) is 0. The van der Waals surface area contributed by atoms with Crippen LogP contribution in [0.4, 0.5) is 0 Å². The summed E-state index contributed by atoms with van der Waals surface area (Å²) in [6.07, 6.45) is 8.28. The molecule has 0 unspecified atom stereocenters. The summed E-state index contributed by atoms with van der Waals surface area (Å²) in [5, 5.41) is 2.19. The van der Waals surface area contributed by atoms with Crippen LogP contribution in [0, 0.1) is 0 Å². The second-order valence-corrected chi connectivity index (χ2v) is 4.32. The SMILES string of the molecule is C=CCc1ccsc1CCCCC. The van der Waals surface area contributed by atoms with Crippen molar-refractivity contribution in [2.75, 3.05) is 0 Å². The Labute approximate surface area is 85.3 Å². The first-order chi connectivity index (χ1) is 6.38. The van der Waals surface area contributed by atoms with Gasteiger partial charge in [-0.25, -0.2) is 0 Å². The third kappa shape index (κ3) is 3.35. The minimum absolute atomic E-state index is 1.03. The van der Waals surface area contributed by atoms with Crippen LogP contribution in [0.15, 0.2) is 24.1 Å². The van der Waals surface area contributed by atoms with Crippen LogP contribution >= 0.6 is 11.3 Å². The molecule has 0 aliphatic carbocycles. The lowest BCUT2D eigenvalue weighted by atomic mass is 10.1. The predicted molar refractivity (Wildman–Crippen MR) is 61.4 cm³/mol. The van der Waals surface area contributed by atoms with Gasteiger partial charge < -0.3 is 0 Å². The van der Waals surface area contributed by atoms with Crippen LogP contribution in [-0.2, 0) is 12.8 Å². The lowest BCUT2D eigenvalue weighted by molar-refractivity contribution is 0.720. The van der Waals surface area contributed by atoms with Gasteiger partial charge in [0.15, 0.2) is 0 Å². The quantitative estimate of drug-likeness (QED) is 0.470. The summed E-state index contributed by atoms with van der Waals surface area (Å²) in [4.78, 5) is 1.56. The summed E-state index contributed by atoms with van der Waals surface area (Å²) in [5.41, 5.74) is 1.48. The minimum atomic E-state index is 1.03. The van der Waals surface area contributed by atoms with E-state index in [1.54, 1.807) is 4.88 Å². The molecule has 0 saturated carbocycles. The van der Waals surface area contributed by atoms with Gasteiger partial charge in [0, 0.05) is 4.88 Å². The minimum Gasteiger partial charge on any atom is -0.149 e. The van der Waals surface area contributed by atoms with E-state index in [1.807, 2.05) is 17.4 Å². The van der Waals surface area contributed by atoms with Crippen molar-refractivity contribution in [1.29, 1.82) is 0 Å². The Balaban J connectivity index is 2.44. The van der Waals surface area contributed by atoms with Crippen LogP contribution in [-0.4, -0.2) is 0 Å². The average Bonchev–Trinajstić information content (AvgIpc) is 2.54. The molecule has 72 valence electrons. The van der Waals surface area contributed by atoms with Gasteiger partial charge in [-0.3, -0.25) is 0 Å². The first kappa shape index (κ1) is 10.5. The molecule has 0 fully saturated rings. The molecular formula is C12H18S. The standard InChI is InChI=1S/C12H18S/c1-3-5-6-8-12-11(7-4-2)9-10-13-12/h4,9-10H,2-3,5-8H2,1H3. The van der Waals surface area contributed by atoms with Crippen molar-refractivity contribution in [2.24, 2.45) is 0 Å². The van der Waals surface area contributed by atoms with Crippen molar-refractivity contribution in [2.45, 2.75) is 39.0 Å². The van der Waals surface area contributed by atoms with E-state index in [0.717, 1.165) is 6.42 Å². The molecule has 0 radical (unpaired) electrons. The number of rotatable bonds is 6. The van der Waals surface area contributed by atoms with Crippen molar-refractivity contribution in [1.82, 2.24) is 0 Å². The molecule has 0 spiro atoms. The third-order valence-electron chi connectivity index (χ3n) is 2.21. The van der Waals surface area contributed by atoms with E-state index in [-0.39, 0.29) is 0 Å². The number of hydrogen-bond acceptors (Lipinski definition) is 1. The molecule has 0 aliphatic rings. The Morgan fingerprint density at radius 2 is 2.31 bits per heavy atom. The van der Waals surface area contributed by atoms with E-state index in [4.69, 9.17) is 0 Å². The molecule has 1 rings (SSSR count). The highest BCUT2D eigenvalue weighted by molar-refractivity contribution is 7.10. The van der Waals surface area contributed by atoms with Crippen LogP contribution in [0.25, 0.3) is 0 Å². The van der Waals surface area contributed by atoms with Gasteiger partial charge in [-0.15, -0.1) is 17.9 Å². The zero-order valence-corrected chi connectivity index (χ0v) is 9.20. The Kier molecular flexibility index (Phi) is 4.84. The molecule has 1 aromatic rings. The predicted octanol–water partition coefficient (Wildman–Crippen LogP) is 4.21. The fourth-order valence-corrected chi connectivity index (χ4v) is 2.42. The largest absolute Gasteiger partial charge is 0.149 e. The van der Waals surface area contributed by atoms with Crippen molar-refractivity contribution in [3.8, 4) is 0 Å². The maximum Gasteiger partial charge on any atom is 0.00803 e. The third-order valence-corrected chi connectivity index (χ3v) is 3.23. The molecule has 0 N–H and O–H groups in total. The van der Waals surface area contributed by atoms with Crippen LogP contribution in [0.1, 0.15) is 36.6 Å². The molecular weight excluding hydrogens is 176 g/mol. The van der Waals surface area contributed by atoms with Crippen molar-refractivity contribution < 1.29 is 0 Å². The fourth-order valence-electron chi connectivity index (χ4n) is 1.46. The van der Waals surface area contributed by atoms with Gasteiger partial charge in [-0.2, -0.15) is 0 Å². The Morgan fingerprint density at radius 3 is 3.00 bits per heavy atom. The highest BCUT2D eigenvalue weighted by atomic mass is 32.1.